The van der Waals surface area contributed by atoms with Crippen LogP contribution in [0.15, 0.2) is 16.5 Å². The van der Waals surface area contributed by atoms with E-state index in [0.29, 0.717) is 11.1 Å². The highest BCUT2D eigenvalue weighted by molar-refractivity contribution is 7.71. The van der Waals surface area contributed by atoms with Crippen LogP contribution in [0.1, 0.15) is 0 Å². The van der Waals surface area contributed by atoms with Crippen molar-refractivity contribution in [3.8, 4) is 0 Å². The van der Waals surface area contributed by atoms with Crippen molar-refractivity contribution in [3.63, 3.8) is 0 Å². The summed E-state index contributed by atoms with van der Waals surface area (Å²) >= 11 is 10.4. The Bertz CT molecular complexity index is 574. The molecule has 0 fully saturated rings. The number of nitrogens with zero attached hydrogens (tertiary/aromatic N) is 1. The molecule has 0 aliphatic carbocycles. The van der Waals surface area contributed by atoms with Gasteiger partial charge in [0.25, 0.3) is 10.5 Å². The predicted molar refractivity (Wildman–Crippen MR) is 53.1 cm³/mol. The zero-order chi connectivity index (χ0) is 10.3. The minimum Gasteiger partial charge on any atom is -0.429 e. The van der Waals surface area contributed by atoms with Gasteiger partial charge in [-0.1, -0.05) is 11.6 Å². The normalized spacial score (nSPS) is 10.6. The van der Waals surface area contributed by atoms with E-state index in [2.05, 4.69) is 4.98 Å². The molecule has 2 rings (SSSR count). The van der Waals surface area contributed by atoms with E-state index in [-0.39, 0.29) is 15.5 Å². The molecule has 7 heteroatoms. The first kappa shape index (κ1) is 9.17. The number of nitro benzene ring substituents is 1. The molecule has 5 nitrogen and oxygen atoms in total. The number of aromatic amines is 1. The molecule has 0 saturated heterocycles. The van der Waals surface area contributed by atoms with Crippen LogP contribution >= 0.6 is 23.8 Å². The summed E-state index contributed by atoms with van der Waals surface area (Å²) in [4.78, 5) is 12.8. The number of aromatic nitrogens is 1. The summed E-state index contributed by atoms with van der Waals surface area (Å²) in [6, 6.07) is 2.65. The molecule has 0 spiro atoms. The first-order valence-electron chi connectivity index (χ1n) is 3.54. The first-order chi connectivity index (χ1) is 6.58. The molecule has 1 aromatic heterocycles. The molecule has 1 N–H and O–H groups in total. The maximum Gasteiger partial charge on any atom is 0.290 e. The van der Waals surface area contributed by atoms with Gasteiger partial charge < -0.3 is 9.40 Å². The molecule has 1 aromatic carbocycles. The van der Waals surface area contributed by atoms with E-state index in [0.717, 1.165) is 0 Å². The molecule has 0 bridgehead atoms. The summed E-state index contributed by atoms with van der Waals surface area (Å²) in [6.07, 6.45) is 0. The van der Waals surface area contributed by atoms with Crippen molar-refractivity contribution in [1.82, 2.24) is 4.98 Å². The predicted octanol–water partition coefficient (Wildman–Crippen LogP) is 3.05. The van der Waals surface area contributed by atoms with E-state index in [1.807, 2.05) is 0 Å². The van der Waals surface area contributed by atoms with Gasteiger partial charge in [-0.05, 0) is 12.2 Å². The number of fused-ring (bicyclic) bond motifs is 1. The van der Waals surface area contributed by atoms with E-state index in [1.165, 1.54) is 12.1 Å². The minimum atomic E-state index is -0.564. The van der Waals surface area contributed by atoms with Crippen molar-refractivity contribution in [2.45, 2.75) is 0 Å². The third kappa shape index (κ3) is 1.38. The number of hydrogen-bond acceptors (Lipinski definition) is 4. The Morgan fingerprint density at radius 1 is 1.57 bits per heavy atom. The van der Waals surface area contributed by atoms with Crippen LogP contribution in [0.5, 0.6) is 0 Å². The fourth-order valence-corrected chi connectivity index (χ4v) is 1.52. The fraction of sp³-hybridized carbons (Fsp3) is 0. The van der Waals surface area contributed by atoms with Crippen molar-refractivity contribution in [3.05, 3.63) is 32.1 Å². The molecule has 0 saturated carbocycles. The molecule has 0 amide bonds. The maximum absolute atomic E-state index is 10.5. The molecule has 0 unspecified atom stereocenters. The maximum atomic E-state index is 10.5. The smallest absolute Gasteiger partial charge is 0.290 e. The Morgan fingerprint density at radius 2 is 2.29 bits per heavy atom. The highest BCUT2D eigenvalue weighted by Gasteiger charge is 2.15. The lowest BCUT2D eigenvalue weighted by Gasteiger charge is -1.93. The average molecular weight is 231 g/mol. The summed E-state index contributed by atoms with van der Waals surface area (Å²) < 4.78 is 5.04. The van der Waals surface area contributed by atoms with E-state index >= 15 is 0 Å². The van der Waals surface area contributed by atoms with Gasteiger partial charge in [0.1, 0.15) is 5.02 Å². The van der Waals surface area contributed by atoms with Crippen LogP contribution in [0.2, 0.25) is 5.02 Å². The van der Waals surface area contributed by atoms with Gasteiger partial charge in [0.2, 0.25) is 0 Å². The highest BCUT2D eigenvalue weighted by Crippen LogP contribution is 2.29. The van der Waals surface area contributed by atoms with Crippen molar-refractivity contribution >= 4 is 40.6 Å². The average Bonchev–Trinajstić information content (AvgIpc) is 2.42. The minimum absolute atomic E-state index is 0.0280. The van der Waals surface area contributed by atoms with Gasteiger partial charge in [0.15, 0.2) is 5.58 Å². The lowest BCUT2D eigenvalue weighted by Crippen LogP contribution is -1.88. The number of hydrogen-bond donors (Lipinski definition) is 1. The van der Waals surface area contributed by atoms with Gasteiger partial charge in [0.05, 0.1) is 10.4 Å². The second-order valence-electron chi connectivity index (χ2n) is 2.57. The van der Waals surface area contributed by atoms with E-state index < -0.39 is 4.92 Å². The van der Waals surface area contributed by atoms with E-state index in [4.69, 9.17) is 28.2 Å². The summed E-state index contributed by atoms with van der Waals surface area (Å²) in [5.41, 5.74) is 0.697. The van der Waals surface area contributed by atoms with Gasteiger partial charge in [-0.25, -0.2) is 0 Å². The number of H-pyrrole nitrogens is 1. The Hall–Kier alpha value is -1.40. The van der Waals surface area contributed by atoms with Gasteiger partial charge in [-0.3, -0.25) is 10.1 Å². The van der Waals surface area contributed by atoms with Gasteiger partial charge in [-0.2, -0.15) is 0 Å². The molecular weight excluding hydrogens is 228 g/mol. The van der Waals surface area contributed by atoms with E-state index in [1.54, 1.807) is 0 Å². The van der Waals surface area contributed by atoms with Gasteiger partial charge >= 0.3 is 0 Å². The molecule has 2 aromatic rings. The molecule has 0 aliphatic rings. The van der Waals surface area contributed by atoms with Crippen LogP contribution in [0.3, 0.4) is 0 Å². The Morgan fingerprint density at radius 3 is 2.93 bits per heavy atom. The number of benzene rings is 1. The summed E-state index contributed by atoms with van der Waals surface area (Å²) in [6.45, 7) is 0. The molecule has 72 valence electrons. The van der Waals surface area contributed by atoms with Crippen LogP contribution in [-0.4, -0.2) is 9.91 Å². The molecule has 0 aliphatic heterocycles. The summed E-state index contributed by atoms with van der Waals surface area (Å²) in [5.74, 6) is 0. The second kappa shape index (κ2) is 3.07. The van der Waals surface area contributed by atoms with Crippen molar-refractivity contribution in [2.24, 2.45) is 0 Å². The number of nitrogens with one attached hydrogen (secondary N) is 1. The van der Waals surface area contributed by atoms with Crippen LogP contribution in [0, 0.1) is 15.0 Å². The quantitative estimate of drug-likeness (QED) is 0.464. The zero-order valence-electron chi connectivity index (χ0n) is 6.61. The molecule has 0 atom stereocenters. The topological polar surface area (TPSA) is 72.1 Å². The molecular formula is C7H3ClN2O3S. The Kier molecular flexibility index (Phi) is 2.01. The van der Waals surface area contributed by atoms with Crippen molar-refractivity contribution in [2.75, 3.05) is 0 Å². The first-order valence-corrected chi connectivity index (χ1v) is 4.33. The molecule has 0 radical (unpaired) electrons. The monoisotopic (exact) mass is 230 g/mol. The largest absolute Gasteiger partial charge is 0.429 e. The summed E-state index contributed by atoms with van der Waals surface area (Å²) in [5, 5.41) is 10.6. The number of nitro groups is 1. The zero-order valence-corrected chi connectivity index (χ0v) is 8.19. The Balaban J connectivity index is 2.82. The van der Waals surface area contributed by atoms with Gasteiger partial charge in [0, 0.05) is 12.1 Å². The van der Waals surface area contributed by atoms with Crippen LogP contribution in [0.25, 0.3) is 11.1 Å². The highest BCUT2D eigenvalue weighted by atomic mass is 35.5. The third-order valence-corrected chi connectivity index (χ3v) is 2.17. The standard InChI is InChI=1S/C7H3ClN2O3S/c8-3-1-6-4(9-7(14)13-6)2-5(3)10(11)12/h1-2H,(H,9,14). The summed E-state index contributed by atoms with van der Waals surface area (Å²) in [7, 11) is 0. The van der Waals surface area contributed by atoms with Crippen molar-refractivity contribution < 1.29 is 9.34 Å². The van der Waals surface area contributed by atoms with Crippen LogP contribution in [0.4, 0.5) is 5.69 Å². The Labute approximate surface area is 87.4 Å². The number of rotatable bonds is 1. The lowest BCUT2D eigenvalue weighted by atomic mass is 10.3. The number of oxazole rings is 1. The van der Waals surface area contributed by atoms with Gasteiger partial charge in [-0.15, -0.1) is 0 Å². The molecule has 14 heavy (non-hydrogen) atoms. The van der Waals surface area contributed by atoms with Crippen LogP contribution < -0.4 is 0 Å². The molecule has 1 heterocycles. The lowest BCUT2D eigenvalue weighted by molar-refractivity contribution is -0.384. The SMILES string of the molecule is O=[N+]([O-])c1cc2[nH]c(=S)oc2cc1Cl. The third-order valence-electron chi connectivity index (χ3n) is 1.69. The van der Waals surface area contributed by atoms with E-state index in [9.17, 15) is 10.1 Å². The van der Waals surface area contributed by atoms with Crippen molar-refractivity contribution in [1.29, 1.82) is 0 Å². The fourth-order valence-electron chi connectivity index (χ4n) is 1.10. The second-order valence-corrected chi connectivity index (χ2v) is 3.35. The number of halogens is 1. The van der Waals surface area contributed by atoms with Crippen LogP contribution in [-0.2, 0) is 0 Å².